The Morgan fingerprint density at radius 1 is 1.36 bits per heavy atom. The van der Waals surface area contributed by atoms with E-state index < -0.39 is 17.6 Å². The molecule has 0 bridgehead atoms. The first-order valence-corrected chi connectivity index (χ1v) is 7.22. The van der Waals surface area contributed by atoms with Crippen LogP contribution in [0.3, 0.4) is 0 Å². The van der Waals surface area contributed by atoms with Crippen LogP contribution in [-0.4, -0.2) is 36.5 Å². The van der Waals surface area contributed by atoms with Gasteiger partial charge >= 0.3 is 6.18 Å². The molecule has 1 atom stereocenters. The van der Waals surface area contributed by atoms with Crippen LogP contribution in [0.5, 0.6) is 5.75 Å². The fraction of sp³-hybridized carbons (Fsp3) is 0.533. The van der Waals surface area contributed by atoms with Crippen molar-refractivity contribution in [1.29, 1.82) is 0 Å². The van der Waals surface area contributed by atoms with Crippen molar-refractivity contribution >= 4 is 5.91 Å². The second kappa shape index (κ2) is 5.15. The Kier molecular flexibility index (Phi) is 3.55. The number of hydrogen-bond donors (Lipinski definition) is 1. The summed E-state index contributed by atoms with van der Waals surface area (Å²) in [6, 6.07) is 2.15. The van der Waals surface area contributed by atoms with E-state index in [9.17, 15) is 18.0 Å². The first-order chi connectivity index (χ1) is 10.3. The van der Waals surface area contributed by atoms with Crippen molar-refractivity contribution in [3.8, 4) is 5.75 Å². The zero-order valence-corrected chi connectivity index (χ0v) is 12.3. The van der Waals surface area contributed by atoms with Gasteiger partial charge in [0.1, 0.15) is 5.75 Å². The number of alkyl halides is 3. The molecule has 1 aromatic carbocycles. The maximum Gasteiger partial charge on any atom is 0.417 e. The number of rotatable bonds is 2. The third kappa shape index (κ3) is 2.43. The first-order valence-electron chi connectivity index (χ1n) is 7.22. The lowest BCUT2D eigenvalue weighted by Crippen LogP contribution is -2.44. The molecule has 1 N–H and O–H groups in total. The van der Waals surface area contributed by atoms with Crippen molar-refractivity contribution in [2.75, 3.05) is 19.6 Å². The zero-order valence-electron chi connectivity index (χ0n) is 12.3. The Bertz CT molecular complexity index is 614. The van der Waals surface area contributed by atoms with Gasteiger partial charge in [-0.25, -0.2) is 0 Å². The summed E-state index contributed by atoms with van der Waals surface area (Å²) in [6.45, 7) is 4.96. The Labute approximate surface area is 126 Å². The smallest absolute Gasteiger partial charge is 0.417 e. The number of halogens is 3. The minimum Gasteiger partial charge on any atom is -0.491 e. The van der Waals surface area contributed by atoms with Crippen LogP contribution in [0.25, 0.3) is 0 Å². The van der Waals surface area contributed by atoms with Crippen molar-refractivity contribution in [2.24, 2.45) is 0 Å². The van der Waals surface area contributed by atoms with Gasteiger partial charge in [-0.05, 0) is 31.5 Å². The van der Waals surface area contributed by atoms with Crippen molar-refractivity contribution in [3.05, 3.63) is 28.8 Å². The molecule has 2 heterocycles. The molecule has 2 aliphatic rings. The number of fused-ring (bicyclic) bond motifs is 3. The molecule has 0 radical (unpaired) electrons. The molecule has 0 aromatic heterocycles. The molecular formula is C15H17F3N2O2. The predicted octanol–water partition coefficient (Wildman–Crippen LogP) is 2.59. The lowest BCUT2D eigenvalue weighted by Gasteiger charge is -2.30. The van der Waals surface area contributed by atoms with Crippen molar-refractivity contribution in [3.63, 3.8) is 0 Å². The number of piperazine rings is 1. The van der Waals surface area contributed by atoms with Crippen molar-refractivity contribution in [1.82, 2.24) is 10.2 Å². The standard InChI is InChI=1S/C15H17F3N2O2/c1-8(2)22-9-5-10-12-7-19-3-4-20(12)14(21)13(10)11(6-9)15(16,17)18/h5-6,8,12,19H,3-4,7H2,1-2H3/t12-/m0/s1. The summed E-state index contributed by atoms with van der Waals surface area (Å²) >= 11 is 0. The average Bonchev–Trinajstić information content (AvgIpc) is 2.71. The fourth-order valence-electron chi connectivity index (χ4n) is 3.07. The van der Waals surface area contributed by atoms with Gasteiger partial charge in [-0.1, -0.05) is 0 Å². The van der Waals surface area contributed by atoms with Gasteiger partial charge < -0.3 is 15.0 Å². The third-order valence-electron chi connectivity index (χ3n) is 3.90. The molecule has 0 spiro atoms. The number of benzene rings is 1. The van der Waals surface area contributed by atoms with Crippen LogP contribution in [0.15, 0.2) is 12.1 Å². The number of amides is 1. The largest absolute Gasteiger partial charge is 0.491 e. The molecule has 120 valence electrons. The van der Waals surface area contributed by atoms with Crippen molar-refractivity contribution in [2.45, 2.75) is 32.2 Å². The molecule has 2 aliphatic heterocycles. The number of ether oxygens (including phenoxy) is 1. The van der Waals surface area contributed by atoms with Crippen LogP contribution in [0.1, 0.15) is 41.4 Å². The molecule has 4 nitrogen and oxygen atoms in total. The van der Waals surface area contributed by atoms with E-state index in [4.69, 9.17) is 4.74 Å². The van der Waals surface area contributed by atoms with E-state index in [1.165, 1.54) is 4.90 Å². The van der Waals surface area contributed by atoms with E-state index in [1.54, 1.807) is 19.9 Å². The van der Waals surface area contributed by atoms with Crippen LogP contribution in [0, 0.1) is 0 Å². The van der Waals surface area contributed by atoms with Crippen LogP contribution in [0.2, 0.25) is 0 Å². The molecular weight excluding hydrogens is 297 g/mol. The predicted molar refractivity (Wildman–Crippen MR) is 73.9 cm³/mol. The van der Waals surface area contributed by atoms with Crippen LogP contribution >= 0.6 is 0 Å². The van der Waals surface area contributed by atoms with Crippen molar-refractivity contribution < 1.29 is 22.7 Å². The van der Waals surface area contributed by atoms with E-state index in [0.29, 0.717) is 25.2 Å². The molecule has 0 saturated carbocycles. The Morgan fingerprint density at radius 3 is 2.73 bits per heavy atom. The minimum atomic E-state index is -4.59. The van der Waals surface area contributed by atoms with E-state index >= 15 is 0 Å². The molecule has 0 aliphatic carbocycles. The summed E-state index contributed by atoms with van der Waals surface area (Å²) in [7, 11) is 0. The normalized spacial score (nSPS) is 21.1. The highest BCUT2D eigenvalue weighted by molar-refractivity contribution is 6.01. The quantitative estimate of drug-likeness (QED) is 0.912. The van der Waals surface area contributed by atoms with Crippen LogP contribution in [-0.2, 0) is 6.18 Å². The highest BCUT2D eigenvalue weighted by Gasteiger charge is 2.46. The van der Waals surface area contributed by atoms with Gasteiger partial charge in [0, 0.05) is 19.6 Å². The Hall–Kier alpha value is -1.76. The zero-order chi connectivity index (χ0) is 16.1. The second-order valence-electron chi connectivity index (χ2n) is 5.82. The lowest BCUT2D eigenvalue weighted by molar-refractivity contribution is -0.138. The van der Waals surface area contributed by atoms with Gasteiger partial charge in [0.05, 0.1) is 23.3 Å². The summed E-state index contributed by atoms with van der Waals surface area (Å²) in [5.41, 5.74) is -0.722. The summed E-state index contributed by atoms with van der Waals surface area (Å²) in [4.78, 5) is 13.9. The lowest BCUT2D eigenvalue weighted by atomic mass is 9.98. The molecule has 1 aromatic rings. The maximum absolute atomic E-state index is 13.4. The number of hydrogen-bond acceptors (Lipinski definition) is 3. The molecule has 22 heavy (non-hydrogen) atoms. The number of carbonyl (C=O) groups excluding carboxylic acids is 1. The van der Waals surface area contributed by atoms with E-state index in [-0.39, 0.29) is 23.5 Å². The maximum atomic E-state index is 13.4. The van der Waals surface area contributed by atoms with E-state index in [1.807, 2.05) is 0 Å². The van der Waals surface area contributed by atoms with Gasteiger partial charge in [0.25, 0.3) is 5.91 Å². The van der Waals surface area contributed by atoms with Crippen LogP contribution in [0.4, 0.5) is 13.2 Å². The average molecular weight is 314 g/mol. The van der Waals surface area contributed by atoms with Gasteiger partial charge in [0.2, 0.25) is 0 Å². The minimum absolute atomic E-state index is 0.154. The molecule has 3 rings (SSSR count). The van der Waals surface area contributed by atoms with Gasteiger partial charge in [-0.2, -0.15) is 13.2 Å². The molecule has 0 unspecified atom stereocenters. The molecule has 1 amide bonds. The Morgan fingerprint density at radius 2 is 2.09 bits per heavy atom. The first kappa shape index (κ1) is 15.1. The summed E-state index contributed by atoms with van der Waals surface area (Å²) in [6.07, 6.45) is -4.82. The number of nitrogens with one attached hydrogen (secondary N) is 1. The molecule has 1 fully saturated rings. The monoisotopic (exact) mass is 314 g/mol. The highest BCUT2D eigenvalue weighted by atomic mass is 19.4. The topological polar surface area (TPSA) is 41.6 Å². The summed E-state index contributed by atoms with van der Waals surface area (Å²) in [5, 5.41) is 3.12. The van der Waals surface area contributed by atoms with Crippen LogP contribution < -0.4 is 10.1 Å². The van der Waals surface area contributed by atoms with Gasteiger partial charge in [-0.3, -0.25) is 4.79 Å². The summed E-state index contributed by atoms with van der Waals surface area (Å²) < 4.78 is 45.5. The molecule has 1 saturated heterocycles. The Balaban J connectivity index is 2.16. The number of nitrogens with zero attached hydrogens (tertiary/aromatic N) is 1. The fourth-order valence-corrected chi connectivity index (χ4v) is 3.07. The third-order valence-corrected chi connectivity index (χ3v) is 3.90. The number of carbonyl (C=O) groups is 1. The van der Waals surface area contributed by atoms with Gasteiger partial charge in [-0.15, -0.1) is 0 Å². The van der Waals surface area contributed by atoms with E-state index in [2.05, 4.69) is 5.32 Å². The van der Waals surface area contributed by atoms with Gasteiger partial charge in [0.15, 0.2) is 0 Å². The second-order valence-corrected chi connectivity index (χ2v) is 5.82. The van der Waals surface area contributed by atoms with E-state index in [0.717, 1.165) is 6.07 Å². The SMILES string of the molecule is CC(C)Oc1cc2c(c(C(F)(F)F)c1)C(=O)N1CCNC[C@@H]21. The molecule has 7 heteroatoms. The highest BCUT2D eigenvalue weighted by Crippen LogP contribution is 2.44. The summed E-state index contributed by atoms with van der Waals surface area (Å²) in [5.74, 6) is -0.383.